The summed E-state index contributed by atoms with van der Waals surface area (Å²) in [6.07, 6.45) is 0. The molecule has 0 fully saturated rings. The second-order valence-corrected chi connectivity index (χ2v) is 9.70. The van der Waals surface area contributed by atoms with Gasteiger partial charge in [0.2, 0.25) is 0 Å². The molecule has 0 radical (unpaired) electrons. The molecular formula is C26H21Cl5O6. The van der Waals surface area contributed by atoms with E-state index in [9.17, 15) is 24.3 Å². The lowest BCUT2D eigenvalue weighted by Gasteiger charge is -2.09. The molecule has 1 heterocycles. The van der Waals surface area contributed by atoms with Crippen molar-refractivity contribution in [3.63, 3.8) is 0 Å². The molecule has 3 rings (SSSR count). The lowest BCUT2D eigenvalue weighted by atomic mass is 10.0. The summed E-state index contributed by atoms with van der Waals surface area (Å²) < 4.78 is 4.98. The standard InChI is InChI=1S/C13H10Cl2O3.C10H5Cl3O2.C3H6O/c1-6-3-9(14)10(15)5-8(6)12-11(16)4-7(2)18-13(12)17;1-5-2-8(11)9(12)3-6(5)7(4-14)10(13)15;1-3(2)4/h3-5,16H,1-2H3;2-3H,1H3;1-2H3. The summed E-state index contributed by atoms with van der Waals surface area (Å²) in [5.74, 6) is 1.87. The van der Waals surface area contributed by atoms with Crippen LogP contribution in [0.4, 0.5) is 0 Å². The molecule has 37 heavy (non-hydrogen) atoms. The van der Waals surface area contributed by atoms with Crippen LogP contribution in [0.2, 0.25) is 20.1 Å². The lowest BCUT2D eigenvalue weighted by molar-refractivity contribution is -0.115. The van der Waals surface area contributed by atoms with Gasteiger partial charge < -0.3 is 14.3 Å². The van der Waals surface area contributed by atoms with Gasteiger partial charge in [-0.25, -0.2) is 9.59 Å². The van der Waals surface area contributed by atoms with Crippen LogP contribution in [-0.4, -0.2) is 22.1 Å². The van der Waals surface area contributed by atoms with Gasteiger partial charge in [-0.3, -0.25) is 4.79 Å². The van der Waals surface area contributed by atoms with E-state index in [1.165, 1.54) is 31.9 Å². The molecule has 1 aromatic heterocycles. The third kappa shape index (κ3) is 9.35. The summed E-state index contributed by atoms with van der Waals surface area (Å²) >= 11 is 28.6. The maximum Gasteiger partial charge on any atom is 0.347 e. The van der Waals surface area contributed by atoms with Gasteiger partial charge in [0, 0.05) is 11.6 Å². The molecule has 11 heteroatoms. The first-order valence-corrected chi connectivity index (χ1v) is 12.2. The number of rotatable bonds is 3. The molecule has 3 aromatic rings. The Morgan fingerprint density at radius 2 is 1.30 bits per heavy atom. The predicted octanol–water partition coefficient (Wildman–Crippen LogP) is 7.81. The summed E-state index contributed by atoms with van der Waals surface area (Å²) in [7, 11) is 0. The van der Waals surface area contributed by atoms with Crippen molar-refractivity contribution < 1.29 is 23.9 Å². The van der Waals surface area contributed by atoms with Crippen molar-refractivity contribution in [1.29, 1.82) is 0 Å². The van der Waals surface area contributed by atoms with E-state index in [0.29, 0.717) is 37.5 Å². The van der Waals surface area contributed by atoms with Gasteiger partial charge in [0.1, 0.15) is 34.4 Å². The molecule has 196 valence electrons. The quantitative estimate of drug-likeness (QED) is 0.185. The minimum atomic E-state index is -0.869. The Kier molecular flexibility index (Phi) is 12.6. The van der Waals surface area contributed by atoms with Crippen molar-refractivity contribution in [2.45, 2.75) is 34.6 Å². The van der Waals surface area contributed by atoms with Crippen molar-refractivity contribution in [3.8, 4) is 16.9 Å². The van der Waals surface area contributed by atoms with Gasteiger partial charge in [-0.05, 0) is 87.2 Å². The molecule has 2 aromatic carbocycles. The molecule has 0 atom stereocenters. The number of aryl methyl sites for hydroxylation is 3. The molecule has 0 saturated heterocycles. The highest BCUT2D eigenvalue weighted by molar-refractivity contribution is 6.75. The van der Waals surface area contributed by atoms with Gasteiger partial charge in [0.05, 0.1) is 20.1 Å². The monoisotopic (exact) mass is 604 g/mol. The predicted molar refractivity (Wildman–Crippen MR) is 149 cm³/mol. The molecular weight excluding hydrogens is 586 g/mol. The molecule has 6 nitrogen and oxygen atoms in total. The summed E-state index contributed by atoms with van der Waals surface area (Å²) in [5, 5.41) is 10.3. The number of Topliss-reactive ketones (excluding diaryl/α,β-unsaturated/α-hetero) is 1. The maximum atomic E-state index is 11.8. The summed E-state index contributed by atoms with van der Waals surface area (Å²) in [6.45, 7) is 8.11. The zero-order chi connectivity index (χ0) is 28.6. The van der Waals surface area contributed by atoms with Crippen LogP contribution in [0.3, 0.4) is 0 Å². The largest absolute Gasteiger partial charge is 0.507 e. The average Bonchev–Trinajstić information content (AvgIpc) is 2.75. The lowest BCUT2D eigenvalue weighted by Crippen LogP contribution is -2.05. The van der Waals surface area contributed by atoms with Crippen LogP contribution in [0.25, 0.3) is 16.7 Å². The fraction of sp³-hybridized carbons (Fsp3) is 0.192. The Bertz CT molecular complexity index is 1450. The number of hydrogen-bond acceptors (Lipinski definition) is 6. The number of carbonyl (C=O) groups is 2. The number of ketones is 1. The Balaban J connectivity index is 0.000000328. The van der Waals surface area contributed by atoms with Crippen LogP contribution >= 0.6 is 58.0 Å². The van der Waals surface area contributed by atoms with Crippen molar-refractivity contribution >= 4 is 80.5 Å². The summed E-state index contributed by atoms with van der Waals surface area (Å²) in [4.78, 5) is 42.7. The van der Waals surface area contributed by atoms with Crippen LogP contribution in [-0.2, 0) is 14.4 Å². The van der Waals surface area contributed by atoms with E-state index >= 15 is 0 Å². The van der Waals surface area contributed by atoms with Crippen LogP contribution < -0.4 is 5.63 Å². The smallest absolute Gasteiger partial charge is 0.347 e. The number of benzene rings is 2. The number of hydrogen-bond donors (Lipinski definition) is 1. The van der Waals surface area contributed by atoms with Crippen molar-refractivity contribution in [3.05, 3.63) is 83.3 Å². The molecule has 0 aliphatic rings. The molecule has 0 unspecified atom stereocenters. The molecule has 0 aliphatic heterocycles. The second-order valence-electron chi connectivity index (χ2n) is 7.73. The SMILES string of the molecule is CC(C)=O.Cc1cc(Cl)c(Cl)cc1C(=C=O)C(=O)Cl.Cc1cc(O)c(-c2cc(Cl)c(Cl)cc2C)c(=O)o1. The number of halogens is 5. The van der Waals surface area contributed by atoms with E-state index in [-0.39, 0.29) is 27.7 Å². The average molecular weight is 607 g/mol. The minimum Gasteiger partial charge on any atom is -0.507 e. The third-order valence-electron chi connectivity index (χ3n) is 4.43. The van der Waals surface area contributed by atoms with Gasteiger partial charge >= 0.3 is 5.63 Å². The van der Waals surface area contributed by atoms with E-state index in [0.717, 1.165) is 5.56 Å². The van der Waals surface area contributed by atoms with E-state index in [2.05, 4.69) is 0 Å². The van der Waals surface area contributed by atoms with Crippen molar-refractivity contribution in [2.75, 3.05) is 0 Å². The Labute approximate surface area is 238 Å². The van der Waals surface area contributed by atoms with E-state index in [1.807, 2.05) is 0 Å². The topological polar surface area (TPSA) is 102 Å². The molecule has 0 aliphatic carbocycles. The normalized spacial score (nSPS) is 9.78. The Morgan fingerprint density at radius 3 is 1.76 bits per heavy atom. The minimum absolute atomic E-state index is 0.0941. The van der Waals surface area contributed by atoms with Crippen LogP contribution in [0.15, 0.2) is 39.5 Å². The van der Waals surface area contributed by atoms with Gasteiger partial charge in [0.15, 0.2) is 0 Å². The van der Waals surface area contributed by atoms with Crippen LogP contribution in [0.1, 0.15) is 36.3 Å². The van der Waals surface area contributed by atoms with Gasteiger partial charge in [0.25, 0.3) is 5.24 Å². The van der Waals surface area contributed by atoms with E-state index in [1.54, 1.807) is 39.0 Å². The van der Waals surface area contributed by atoms with Gasteiger partial charge in [-0.2, -0.15) is 0 Å². The fourth-order valence-electron chi connectivity index (χ4n) is 2.88. The zero-order valence-corrected chi connectivity index (χ0v) is 24.0. The van der Waals surface area contributed by atoms with Crippen LogP contribution in [0, 0.1) is 20.8 Å². The van der Waals surface area contributed by atoms with Crippen LogP contribution in [0.5, 0.6) is 5.75 Å². The fourth-order valence-corrected chi connectivity index (χ4v) is 3.78. The van der Waals surface area contributed by atoms with Gasteiger partial charge in [-0.1, -0.05) is 46.4 Å². The van der Waals surface area contributed by atoms with Gasteiger partial charge in [-0.15, -0.1) is 0 Å². The molecule has 1 N–H and O–H groups in total. The number of carbonyl (C=O) groups excluding carboxylic acids is 3. The third-order valence-corrected chi connectivity index (χ3v) is 6.06. The maximum absolute atomic E-state index is 11.8. The first kappa shape index (κ1) is 32.5. The molecule has 0 spiro atoms. The van der Waals surface area contributed by atoms with Crippen molar-refractivity contribution in [1.82, 2.24) is 0 Å². The molecule has 0 amide bonds. The number of allylic oxidation sites excluding steroid dienone is 1. The highest BCUT2D eigenvalue weighted by Crippen LogP contribution is 2.34. The summed E-state index contributed by atoms with van der Waals surface area (Å²) in [6, 6.07) is 7.54. The summed E-state index contributed by atoms with van der Waals surface area (Å²) in [5.41, 5.74) is 1.47. The van der Waals surface area contributed by atoms with Crippen molar-refractivity contribution in [2.24, 2.45) is 0 Å². The zero-order valence-electron chi connectivity index (χ0n) is 20.3. The van der Waals surface area contributed by atoms with E-state index in [4.69, 9.17) is 62.4 Å². The first-order valence-electron chi connectivity index (χ1n) is 10.3. The number of aromatic hydroxyl groups is 1. The molecule has 0 saturated carbocycles. The Morgan fingerprint density at radius 1 is 0.838 bits per heavy atom. The second kappa shape index (κ2) is 14.4. The highest BCUT2D eigenvalue weighted by Gasteiger charge is 2.16. The Hall–Kier alpha value is -2.57. The molecule has 0 bridgehead atoms. The first-order chi connectivity index (χ1) is 17.1. The van der Waals surface area contributed by atoms with E-state index < -0.39 is 10.9 Å². The highest BCUT2D eigenvalue weighted by atomic mass is 35.5.